The normalized spacial score (nSPS) is 24.9. The maximum Gasteiger partial charge on any atom is 0.266 e. The molecule has 2 aliphatic rings. The molecule has 0 spiro atoms. The molecule has 1 N–H and O–H groups in total. The van der Waals surface area contributed by atoms with Crippen molar-refractivity contribution in [2.75, 3.05) is 44.3 Å². The number of rotatable bonds is 3. The molecule has 2 fully saturated rings. The molecule has 0 amide bonds. The van der Waals surface area contributed by atoms with Crippen LogP contribution in [0, 0.1) is 5.92 Å². The monoisotopic (exact) mass is 280 g/mol. The summed E-state index contributed by atoms with van der Waals surface area (Å²) in [6, 6.07) is 0. The van der Waals surface area contributed by atoms with Crippen molar-refractivity contribution < 1.29 is 9.26 Å². The second-order valence-corrected chi connectivity index (χ2v) is 6.26. The Morgan fingerprint density at radius 2 is 2.10 bits per heavy atom. The van der Waals surface area contributed by atoms with Crippen LogP contribution in [0.15, 0.2) is 4.52 Å². The Hall–Kier alpha value is -1.14. The van der Waals surface area contributed by atoms with E-state index in [9.17, 15) is 0 Å². The molecule has 1 atom stereocenters. The lowest BCUT2D eigenvalue weighted by Crippen LogP contribution is -2.41. The van der Waals surface area contributed by atoms with Crippen LogP contribution in [0.25, 0.3) is 0 Å². The van der Waals surface area contributed by atoms with Gasteiger partial charge in [0.2, 0.25) is 5.89 Å². The zero-order valence-corrected chi connectivity index (χ0v) is 12.4. The zero-order valence-electron chi connectivity index (χ0n) is 12.4. The highest BCUT2D eigenvalue weighted by atomic mass is 16.5. The predicted octanol–water partition coefficient (Wildman–Crippen LogP) is 1.18. The largest absolute Gasteiger partial charge is 0.378 e. The minimum atomic E-state index is -0.0784. The Bertz CT molecular complexity index is 434. The van der Waals surface area contributed by atoms with Crippen LogP contribution in [0.1, 0.15) is 32.6 Å². The first-order chi connectivity index (χ1) is 9.68. The van der Waals surface area contributed by atoms with Gasteiger partial charge in [0.15, 0.2) is 0 Å². The van der Waals surface area contributed by atoms with E-state index in [0.717, 1.165) is 45.3 Å². The Kier molecular flexibility index (Phi) is 3.94. The third-order valence-electron chi connectivity index (χ3n) is 4.58. The van der Waals surface area contributed by atoms with Gasteiger partial charge in [-0.1, -0.05) is 13.8 Å². The van der Waals surface area contributed by atoms with Gasteiger partial charge in [0.1, 0.15) is 0 Å². The third-order valence-corrected chi connectivity index (χ3v) is 4.58. The molecular weight excluding hydrogens is 256 g/mol. The molecule has 1 aromatic rings. The van der Waals surface area contributed by atoms with Crippen LogP contribution in [0.5, 0.6) is 0 Å². The number of anilines is 1. The molecule has 1 unspecified atom stereocenters. The van der Waals surface area contributed by atoms with Crippen molar-refractivity contribution in [2.45, 2.75) is 32.1 Å². The lowest BCUT2D eigenvalue weighted by Gasteiger charge is -2.34. The van der Waals surface area contributed by atoms with Crippen molar-refractivity contribution in [2.24, 2.45) is 5.92 Å². The fourth-order valence-electron chi connectivity index (χ4n) is 3.01. The van der Waals surface area contributed by atoms with E-state index in [1.165, 1.54) is 12.8 Å². The van der Waals surface area contributed by atoms with E-state index in [1.54, 1.807) is 0 Å². The van der Waals surface area contributed by atoms with Crippen molar-refractivity contribution >= 4 is 5.95 Å². The van der Waals surface area contributed by atoms with Crippen molar-refractivity contribution in [1.82, 2.24) is 15.5 Å². The number of hydrogen-bond acceptors (Lipinski definition) is 6. The molecule has 6 nitrogen and oxygen atoms in total. The molecule has 1 aromatic heterocycles. The van der Waals surface area contributed by atoms with Gasteiger partial charge >= 0.3 is 0 Å². The maximum absolute atomic E-state index is 5.56. The van der Waals surface area contributed by atoms with Gasteiger partial charge in [-0.25, -0.2) is 0 Å². The van der Waals surface area contributed by atoms with Crippen LogP contribution in [0.3, 0.4) is 0 Å². The summed E-state index contributed by atoms with van der Waals surface area (Å²) in [5.41, 5.74) is -0.0784. The molecule has 3 heterocycles. The smallest absolute Gasteiger partial charge is 0.266 e. The van der Waals surface area contributed by atoms with Gasteiger partial charge in [0, 0.05) is 18.5 Å². The number of morpholine rings is 1. The van der Waals surface area contributed by atoms with Gasteiger partial charge in [-0.3, -0.25) is 0 Å². The minimum Gasteiger partial charge on any atom is -0.378 e. The van der Waals surface area contributed by atoms with Gasteiger partial charge in [0.25, 0.3) is 5.95 Å². The number of hydrogen-bond donors (Lipinski definition) is 1. The van der Waals surface area contributed by atoms with E-state index < -0.39 is 0 Å². The van der Waals surface area contributed by atoms with Crippen molar-refractivity contribution in [1.29, 1.82) is 0 Å². The molecule has 6 heteroatoms. The highest BCUT2D eigenvalue weighted by Crippen LogP contribution is 2.35. The van der Waals surface area contributed by atoms with E-state index >= 15 is 0 Å². The van der Waals surface area contributed by atoms with Crippen molar-refractivity contribution in [3.63, 3.8) is 0 Å². The predicted molar refractivity (Wildman–Crippen MR) is 75.9 cm³/mol. The standard InChI is InChI=1S/C14H24N4O2/c1-14(2,11-4-3-5-15-10-11)12-16-13(17-20-12)18-6-8-19-9-7-18/h11,15H,3-10H2,1-2H3. The van der Waals surface area contributed by atoms with Crippen LogP contribution < -0.4 is 10.2 Å². The summed E-state index contributed by atoms with van der Waals surface area (Å²) in [6.07, 6.45) is 2.44. The lowest BCUT2D eigenvalue weighted by atomic mass is 9.75. The van der Waals surface area contributed by atoms with Crippen LogP contribution in [0.2, 0.25) is 0 Å². The second kappa shape index (κ2) is 5.69. The minimum absolute atomic E-state index is 0.0784. The summed E-state index contributed by atoms with van der Waals surface area (Å²) >= 11 is 0. The van der Waals surface area contributed by atoms with Crippen molar-refractivity contribution in [3.05, 3.63) is 5.89 Å². The number of aromatic nitrogens is 2. The summed E-state index contributed by atoms with van der Waals surface area (Å²) in [6.45, 7) is 9.72. The first-order valence-corrected chi connectivity index (χ1v) is 7.55. The van der Waals surface area contributed by atoms with Crippen LogP contribution in [0.4, 0.5) is 5.95 Å². The summed E-state index contributed by atoms with van der Waals surface area (Å²) in [5.74, 6) is 2.02. The number of piperidine rings is 1. The Labute approximate surface area is 119 Å². The van der Waals surface area contributed by atoms with Crippen molar-refractivity contribution in [3.8, 4) is 0 Å². The van der Waals surface area contributed by atoms with Crippen LogP contribution in [-0.4, -0.2) is 49.5 Å². The van der Waals surface area contributed by atoms with E-state index in [1.807, 2.05) is 0 Å². The first kappa shape index (κ1) is 13.8. The highest BCUT2D eigenvalue weighted by Gasteiger charge is 2.37. The zero-order chi connectivity index (χ0) is 14.0. The molecular formula is C14H24N4O2. The van der Waals surface area contributed by atoms with Gasteiger partial charge < -0.3 is 19.5 Å². The molecule has 0 radical (unpaired) electrons. The number of ether oxygens (including phenoxy) is 1. The van der Waals surface area contributed by atoms with E-state index in [0.29, 0.717) is 11.9 Å². The summed E-state index contributed by atoms with van der Waals surface area (Å²) < 4.78 is 10.9. The molecule has 0 aliphatic carbocycles. The summed E-state index contributed by atoms with van der Waals surface area (Å²) in [5, 5.41) is 7.63. The highest BCUT2D eigenvalue weighted by molar-refractivity contribution is 5.29. The van der Waals surface area contributed by atoms with Gasteiger partial charge in [0.05, 0.1) is 13.2 Å². The Balaban J connectivity index is 1.74. The number of nitrogens with zero attached hydrogens (tertiary/aromatic N) is 3. The molecule has 0 bridgehead atoms. The second-order valence-electron chi connectivity index (χ2n) is 6.26. The van der Waals surface area contributed by atoms with Gasteiger partial charge in [-0.05, 0) is 37.0 Å². The van der Waals surface area contributed by atoms with Crippen LogP contribution in [-0.2, 0) is 10.2 Å². The molecule has 112 valence electrons. The van der Waals surface area contributed by atoms with Gasteiger partial charge in [-0.2, -0.15) is 4.98 Å². The topological polar surface area (TPSA) is 63.4 Å². The maximum atomic E-state index is 5.56. The summed E-state index contributed by atoms with van der Waals surface area (Å²) in [7, 11) is 0. The van der Waals surface area contributed by atoms with Gasteiger partial charge in [-0.15, -0.1) is 0 Å². The lowest BCUT2D eigenvalue weighted by molar-refractivity contribution is 0.121. The van der Waals surface area contributed by atoms with E-state index in [-0.39, 0.29) is 5.41 Å². The quantitative estimate of drug-likeness (QED) is 0.897. The van der Waals surface area contributed by atoms with Crippen LogP contribution >= 0.6 is 0 Å². The SMILES string of the molecule is CC(C)(c1nc(N2CCOCC2)no1)C1CCCNC1. The molecule has 0 saturated carbocycles. The summed E-state index contributed by atoms with van der Waals surface area (Å²) in [4.78, 5) is 6.78. The third kappa shape index (κ3) is 2.67. The number of nitrogens with one attached hydrogen (secondary N) is 1. The molecule has 2 saturated heterocycles. The molecule has 0 aromatic carbocycles. The molecule has 2 aliphatic heterocycles. The van der Waals surface area contributed by atoms with E-state index in [4.69, 9.17) is 9.26 Å². The Morgan fingerprint density at radius 1 is 1.30 bits per heavy atom. The average molecular weight is 280 g/mol. The Morgan fingerprint density at radius 3 is 2.80 bits per heavy atom. The molecule has 20 heavy (non-hydrogen) atoms. The fourth-order valence-corrected chi connectivity index (χ4v) is 3.01. The first-order valence-electron chi connectivity index (χ1n) is 7.55. The fraction of sp³-hybridized carbons (Fsp3) is 0.857. The van der Waals surface area contributed by atoms with E-state index in [2.05, 4.69) is 34.2 Å². The average Bonchev–Trinajstić information content (AvgIpc) is 3.00. The molecule has 3 rings (SSSR count).